The molecular formula is C17H23NO3S. The predicted molar refractivity (Wildman–Crippen MR) is 86.5 cm³/mol. The normalized spacial score (nSPS) is 25.5. The minimum atomic E-state index is -2.97. The van der Waals surface area contributed by atoms with Crippen molar-refractivity contribution in [3.8, 4) is 0 Å². The van der Waals surface area contributed by atoms with Crippen molar-refractivity contribution < 1.29 is 13.2 Å². The van der Waals surface area contributed by atoms with Crippen molar-refractivity contribution in [2.24, 2.45) is 0 Å². The molecule has 0 radical (unpaired) electrons. The van der Waals surface area contributed by atoms with Crippen LogP contribution in [0.2, 0.25) is 0 Å². The first-order valence-electron chi connectivity index (χ1n) is 7.89. The zero-order chi connectivity index (χ0) is 16.0. The van der Waals surface area contributed by atoms with Gasteiger partial charge in [-0.1, -0.05) is 36.2 Å². The zero-order valence-electron chi connectivity index (χ0n) is 13.2. The van der Waals surface area contributed by atoms with Crippen molar-refractivity contribution in [1.82, 2.24) is 4.90 Å². The van der Waals surface area contributed by atoms with Gasteiger partial charge in [0, 0.05) is 13.1 Å². The Bertz CT molecular complexity index is 692. The fourth-order valence-corrected chi connectivity index (χ4v) is 5.46. The van der Waals surface area contributed by atoms with Gasteiger partial charge in [0.05, 0.1) is 16.9 Å². The van der Waals surface area contributed by atoms with E-state index in [4.69, 9.17) is 0 Å². The molecule has 1 aromatic carbocycles. The summed E-state index contributed by atoms with van der Waals surface area (Å²) in [5.74, 6) is 0.401. The van der Waals surface area contributed by atoms with Gasteiger partial charge in [-0.15, -0.1) is 0 Å². The van der Waals surface area contributed by atoms with Gasteiger partial charge in [0.25, 0.3) is 0 Å². The van der Waals surface area contributed by atoms with Gasteiger partial charge in [-0.2, -0.15) is 0 Å². The molecule has 4 nitrogen and oxygen atoms in total. The van der Waals surface area contributed by atoms with Gasteiger partial charge >= 0.3 is 0 Å². The van der Waals surface area contributed by atoms with Crippen molar-refractivity contribution in [2.45, 2.75) is 44.1 Å². The van der Waals surface area contributed by atoms with Crippen LogP contribution in [-0.2, 0) is 20.0 Å². The minimum Gasteiger partial charge on any atom is -0.341 e. The van der Waals surface area contributed by atoms with Crippen LogP contribution in [0.5, 0.6) is 0 Å². The molecule has 120 valence electrons. The molecule has 0 spiro atoms. The van der Waals surface area contributed by atoms with Crippen LogP contribution in [-0.4, -0.2) is 43.8 Å². The Hall–Kier alpha value is -1.36. The molecule has 2 aliphatic rings. The fraction of sp³-hybridized carbons (Fsp3) is 0.588. The summed E-state index contributed by atoms with van der Waals surface area (Å²) in [6, 6.07) is 7.99. The summed E-state index contributed by atoms with van der Waals surface area (Å²) in [5, 5.41) is 0. The van der Waals surface area contributed by atoms with Crippen molar-refractivity contribution >= 4 is 15.7 Å². The number of benzene rings is 1. The van der Waals surface area contributed by atoms with Crippen LogP contribution in [0.4, 0.5) is 0 Å². The third kappa shape index (κ3) is 2.56. The molecule has 1 atom stereocenters. The Balaban J connectivity index is 1.86. The maximum absolute atomic E-state index is 13.1. The number of rotatable bonds is 3. The number of carbonyl (C=O) groups excluding carboxylic acids is 1. The maximum atomic E-state index is 13.1. The van der Waals surface area contributed by atoms with Crippen LogP contribution in [0.3, 0.4) is 0 Å². The summed E-state index contributed by atoms with van der Waals surface area (Å²) >= 11 is 0. The number of hydrogen-bond acceptors (Lipinski definition) is 3. The highest BCUT2D eigenvalue weighted by molar-refractivity contribution is 7.91. The lowest BCUT2D eigenvalue weighted by molar-refractivity contribution is -0.141. The number of amides is 1. The van der Waals surface area contributed by atoms with Gasteiger partial charge in [0.2, 0.25) is 5.91 Å². The number of likely N-dealkylation sites (N-methyl/N-ethyl adjacent to an activating group) is 1. The van der Waals surface area contributed by atoms with Gasteiger partial charge in [0.1, 0.15) is 0 Å². The Kier molecular flexibility index (Phi) is 3.79. The number of nitrogens with zero attached hydrogens (tertiary/aromatic N) is 1. The summed E-state index contributed by atoms with van der Waals surface area (Å²) in [6.45, 7) is 2.04. The first-order valence-corrected chi connectivity index (χ1v) is 9.71. The summed E-state index contributed by atoms with van der Waals surface area (Å²) < 4.78 is 23.4. The van der Waals surface area contributed by atoms with Crippen LogP contribution in [0, 0.1) is 6.92 Å². The van der Waals surface area contributed by atoms with Crippen LogP contribution in [0.15, 0.2) is 24.3 Å². The number of hydrogen-bond donors (Lipinski definition) is 0. The minimum absolute atomic E-state index is 0.0893. The standard InChI is InChI=1S/C17H23NO3S/c1-13-5-3-6-14(11-13)17(8-4-9-17)16(19)18(2)15-7-10-22(20,21)12-15/h3,5-6,11,15H,4,7-10,12H2,1-2H3. The molecular weight excluding hydrogens is 298 g/mol. The Morgan fingerprint density at radius 3 is 2.55 bits per heavy atom. The Labute approximate surface area is 132 Å². The summed E-state index contributed by atoms with van der Waals surface area (Å²) in [4.78, 5) is 14.8. The highest BCUT2D eigenvalue weighted by Crippen LogP contribution is 2.45. The topological polar surface area (TPSA) is 54.5 Å². The number of aryl methyl sites for hydroxylation is 1. The highest BCUT2D eigenvalue weighted by Gasteiger charge is 2.48. The maximum Gasteiger partial charge on any atom is 0.233 e. The lowest BCUT2D eigenvalue weighted by Crippen LogP contribution is -2.53. The molecule has 2 fully saturated rings. The van der Waals surface area contributed by atoms with E-state index >= 15 is 0 Å². The van der Waals surface area contributed by atoms with Crippen LogP contribution >= 0.6 is 0 Å². The largest absolute Gasteiger partial charge is 0.341 e. The predicted octanol–water partition coefficient (Wildman–Crippen LogP) is 2.06. The van der Waals surface area contributed by atoms with E-state index in [2.05, 4.69) is 6.07 Å². The van der Waals surface area contributed by atoms with Crippen LogP contribution in [0.25, 0.3) is 0 Å². The van der Waals surface area contributed by atoms with Gasteiger partial charge < -0.3 is 4.90 Å². The average molecular weight is 321 g/mol. The van der Waals surface area contributed by atoms with E-state index in [0.717, 1.165) is 30.4 Å². The molecule has 22 heavy (non-hydrogen) atoms. The molecule has 1 unspecified atom stereocenters. The summed E-state index contributed by atoms with van der Waals surface area (Å²) in [5.41, 5.74) is 1.80. The number of sulfone groups is 1. The van der Waals surface area contributed by atoms with E-state index in [1.165, 1.54) is 0 Å². The van der Waals surface area contributed by atoms with Gasteiger partial charge in [-0.05, 0) is 31.7 Å². The SMILES string of the molecule is Cc1cccc(C2(C(=O)N(C)C3CCS(=O)(=O)C3)CCC2)c1. The molecule has 1 saturated heterocycles. The van der Waals surface area contributed by atoms with Crippen LogP contribution in [0.1, 0.15) is 36.8 Å². The molecule has 3 rings (SSSR count). The van der Waals surface area contributed by atoms with E-state index in [9.17, 15) is 13.2 Å². The van der Waals surface area contributed by atoms with Gasteiger partial charge in [-0.25, -0.2) is 8.42 Å². The Morgan fingerprint density at radius 2 is 2.05 bits per heavy atom. The molecule has 1 aromatic rings. The molecule has 1 saturated carbocycles. The van der Waals surface area contributed by atoms with E-state index in [-0.39, 0.29) is 23.5 Å². The molecule has 1 aliphatic heterocycles. The van der Waals surface area contributed by atoms with E-state index in [1.807, 2.05) is 25.1 Å². The lowest BCUT2D eigenvalue weighted by Gasteiger charge is -2.44. The summed E-state index contributed by atoms with van der Waals surface area (Å²) in [7, 11) is -1.21. The average Bonchev–Trinajstić information content (AvgIpc) is 2.77. The van der Waals surface area contributed by atoms with Crippen molar-refractivity contribution in [3.05, 3.63) is 35.4 Å². The molecule has 1 heterocycles. The quantitative estimate of drug-likeness (QED) is 0.856. The second-order valence-electron chi connectivity index (χ2n) is 6.78. The zero-order valence-corrected chi connectivity index (χ0v) is 14.0. The van der Waals surface area contributed by atoms with E-state index in [0.29, 0.717) is 6.42 Å². The molecule has 1 amide bonds. The van der Waals surface area contributed by atoms with Gasteiger partial charge in [0.15, 0.2) is 9.84 Å². The molecule has 0 bridgehead atoms. The van der Waals surface area contributed by atoms with E-state index < -0.39 is 15.3 Å². The first kappa shape index (κ1) is 15.5. The lowest BCUT2D eigenvalue weighted by atomic mass is 9.63. The Morgan fingerprint density at radius 1 is 1.32 bits per heavy atom. The van der Waals surface area contributed by atoms with Crippen molar-refractivity contribution in [1.29, 1.82) is 0 Å². The monoisotopic (exact) mass is 321 g/mol. The second-order valence-corrected chi connectivity index (χ2v) is 9.01. The molecule has 0 aromatic heterocycles. The molecule has 0 N–H and O–H groups in total. The van der Waals surface area contributed by atoms with Gasteiger partial charge in [-0.3, -0.25) is 4.79 Å². The second kappa shape index (κ2) is 5.37. The smallest absolute Gasteiger partial charge is 0.233 e. The van der Waals surface area contributed by atoms with Crippen molar-refractivity contribution in [3.63, 3.8) is 0 Å². The van der Waals surface area contributed by atoms with Crippen molar-refractivity contribution in [2.75, 3.05) is 18.6 Å². The molecule has 5 heteroatoms. The van der Waals surface area contributed by atoms with E-state index in [1.54, 1.807) is 11.9 Å². The molecule has 1 aliphatic carbocycles. The summed E-state index contributed by atoms with van der Waals surface area (Å²) in [6.07, 6.45) is 3.34. The first-order chi connectivity index (χ1) is 10.3. The fourth-order valence-electron chi connectivity index (χ4n) is 3.68. The number of carbonyl (C=O) groups is 1. The van der Waals surface area contributed by atoms with Crippen LogP contribution < -0.4 is 0 Å². The highest BCUT2D eigenvalue weighted by atomic mass is 32.2. The third-order valence-corrected chi connectivity index (χ3v) is 7.01. The third-order valence-electron chi connectivity index (χ3n) is 5.26.